The number of aromatic carboxylic acids is 1. The van der Waals surface area contributed by atoms with E-state index in [1.165, 1.54) is 11.8 Å². The first-order chi connectivity index (χ1) is 7.07. The second-order valence-electron chi connectivity index (χ2n) is 2.97. The molecule has 0 amide bonds. The van der Waals surface area contributed by atoms with Crippen LogP contribution in [0.4, 0.5) is 0 Å². The third-order valence-corrected chi connectivity index (χ3v) is 1.97. The molecule has 0 atom stereocenters. The van der Waals surface area contributed by atoms with Crippen LogP contribution in [0, 0.1) is 18.8 Å². The molecule has 0 aliphatic heterocycles. The maximum atomic E-state index is 10.9. The van der Waals surface area contributed by atoms with Gasteiger partial charge in [-0.3, -0.25) is 4.68 Å². The summed E-state index contributed by atoms with van der Waals surface area (Å²) in [4.78, 5) is 10.9. The first kappa shape index (κ1) is 11.3. The van der Waals surface area contributed by atoms with Crippen molar-refractivity contribution in [2.45, 2.75) is 6.92 Å². The zero-order valence-corrected chi connectivity index (χ0v) is 8.87. The quantitative estimate of drug-likeness (QED) is 0.715. The van der Waals surface area contributed by atoms with E-state index in [1.54, 1.807) is 14.0 Å². The van der Waals surface area contributed by atoms with Gasteiger partial charge < -0.3 is 9.84 Å². The van der Waals surface area contributed by atoms with Gasteiger partial charge in [-0.15, -0.1) is 0 Å². The molecule has 15 heavy (non-hydrogen) atoms. The minimum Gasteiger partial charge on any atom is -0.478 e. The molecule has 1 aromatic rings. The average Bonchev–Trinajstić information content (AvgIpc) is 2.43. The Kier molecular flexibility index (Phi) is 3.47. The third-order valence-electron chi connectivity index (χ3n) is 1.97. The third kappa shape index (κ3) is 2.36. The van der Waals surface area contributed by atoms with Crippen LogP contribution < -0.4 is 0 Å². The summed E-state index contributed by atoms with van der Waals surface area (Å²) in [6.45, 7) is 1.95. The molecule has 0 bridgehead atoms. The fraction of sp³-hybridized carbons (Fsp3) is 0.400. The molecule has 5 heteroatoms. The summed E-state index contributed by atoms with van der Waals surface area (Å²) in [6.07, 6.45) is 0. The number of aryl methyl sites for hydroxylation is 1. The lowest BCUT2D eigenvalue weighted by molar-refractivity contribution is 0.0695. The number of ether oxygens (including phenoxy) is 1. The topological polar surface area (TPSA) is 64.4 Å². The highest BCUT2D eigenvalue weighted by Gasteiger charge is 2.17. The maximum Gasteiger partial charge on any atom is 0.340 e. The molecule has 0 aliphatic rings. The van der Waals surface area contributed by atoms with Crippen LogP contribution >= 0.6 is 0 Å². The predicted molar refractivity (Wildman–Crippen MR) is 53.7 cm³/mol. The first-order valence-corrected chi connectivity index (χ1v) is 4.32. The van der Waals surface area contributed by atoms with Crippen molar-refractivity contribution in [2.75, 3.05) is 13.7 Å². The molecule has 0 unspecified atom stereocenters. The molecule has 0 aromatic carbocycles. The van der Waals surface area contributed by atoms with Crippen molar-refractivity contribution in [1.29, 1.82) is 0 Å². The number of methoxy groups -OCH3 is 1. The first-order valence-electron chi connectivity index (χ1n) is 4.32. The molecule has 0 saturated carbocycles. The lowest BCUT2D eigenvalue weighted by atomic mass is 10.2. The van der Waals surface area contributed by atoms with Crippen LogP contribution in [0.1, 0.15) is 21.7 Å². The lowest BCUT2D eigenvalue weighted by Crippen LogP contribution is -2.01. The fourth-order valence-corrected chi connectivity index (χ4v) is 1.14. The fourth-order valence-electron chi connectivity index (χ4n) is 1.14. The maximum absolute atomic E-state index is 10.9. The Labute approximate surface area is 87.7 Å². The number of carboxylic acid groups (broad SMARTS) is 1. The second kappa shape index (κ2) is 4.62. The van der Waals surface area contributed by atoms with E-state index in [4.69, 9.17) is 9.84 Å². The summed E-state index contributed by atoms with van der Waals surface area (Å²) in [7, 11) is 3.21. The molecule has 1 heterocycles. The van der Waals surface area contributed by atoms with Gasteiger partial charge in [0.05, 0.1) is 5.69 Å². The van der Waals surface area contributed by atoms with Crippen molar-refractivity contribution in [1.82, 2.24) is 9.78 Å². The van der Waals surface area contributed by atoms with Crippen LogP contribution in [0.2, 0.25) is 0 Å². The molecule has 1 N–H and O–H groups in total. The van der Waals surface area contributed by atoms with Gasteiger partial charge in [-0.25, -0.2) is 4.79 Å². The molecule has 1 rings (SSSR count). The average molecular weight is 208 g/mol. The highest BCUT2D eigenvalue weighted by Crippen LogP contribution is 2.11. The molecule has 0 spiro atoms. The number of carboxylic acids is 1. The SMILES string of the molecule is COCC#Cc1nn(C)c(C)c1C(=O)O. The van der Waals surface area contributed by atoms with Gasteiger partial charge in [-0.05, 0) is 12.8 Å². The molecule has 0 aliphatic carbocycles. The van der Waals surface area contributed by atoms with E-state index in [9.17, 15) is 4.79 Å². The van der Waals surface area contributed by atoms with Gasteiger partial charge in [0.25, 0.3) is 0 Å². The molecule has 0 radical (unpaired) electrons. The number of hydrogen-bond acceptors (Lipinski definition) is 3. The molecular weight excluding hydrogens is 196 g/mol. The van der Waals surface area contributed by atoms with E-state index in [1.807, 2.05) is 0 Å². The Morgan fingerprint density at radius 2 is 2.33 bits per heavy atom. The monoisotopic (exact) mass is 208 g/mol. The smallest absolute Gasteiger partial charge is 0.340 e. The minimum absolute atomic E-state index is 0.154. The van der Waals surface area contributed by atoms with Crippen LogP contribution in [-0.4, -0.2) is 34.6 Å². The summed E-state index contributed by atoms with van der Waals surface area (Å²) >= 11 is 0. The van der Waals surface area contributed by atoms with Gasteiger partial charge in [-0.2, -0.15) is 5.10 Å². The summed E-state index contributed by atoms with van der Waals surface area (Å²) in [5.41, 5.74) is 1.02. The van der Waals surface area contributed by atoms with Gasteiger partial charge in [0, 0.05) is 14.2 Å². The Hall–Kier alpha value is -1.80. The lowest BCUT2D eigenvalue weighted by Gasteiger charge is -1.92. The molecule has 1 aromatic heterocycles. The number of nitrogens with zero attached hydrogens (tertiary/aromatic N) is 2. The van der Waals surface area contributed by atoms with Crippen molar-refractivity contribution in [3.8, 4) is 11.8 Å². The van der Waals surface area contributed by atoms with Gasteiger partial charge in [0.15, 0.2) is 0 Å². The van der Waals surface area contributed by atoms with Crippen molar-refractivity contribution in [2.24, 2.45) is 7.05 Å². The normalized spacial score (nSPS) is 9.53. The van der Waals surface area contributed by atoms with E-state index >= 15 is 0 Å². The summed E-state index contributed by atoms with van der Waals surface area (Å²) in [5, 5.41) is 13.0. The molecule has 0 saturated heterocycles. The zero-order valence-electron chi connectivity index (χ0n) is 8.87. The van der Waals surface area contributed by atoms with Crippen molar-refractivity contribution in [3.05, 3.63) is 17.0 Å². The molecule has 0 fully saturated rings. The standard InChI is InChI=1S/C10H12N2O3/c1-7-9(10(13)14)8(11-12(7)2)5-4-6-15-3/h6H2,1-3H3,(H,13,14). The Bertz CT molecular complexity index is 438. The minimum atomic E-state index is -1.01. The van der Waals surface area contributed by atoms with Gasteiger partial charge >= 0.3 is 5.97 Å². The van der Waals surface area contributed by atoms with Crippen LogP contribution in [-0.2, 0) is 11.8 Å². The summed E-state index contributed by atoms with van der Waals surface area (Å²) in [5.74, 6) is 4.33. The van der Waals surface area contributed by atoms with Crippen molar-refractivity contribution < 1.29 is 14.6 Å². The number of hydrogen-bond donors (Lipinski definition) is 1. The second-order valence-corrected chi connectivity index (χ2v) is 2.97. The van der Waals surface area contributed by atoms with E-state index < -0.39 is 5.97 Å². The zero-order chi connectivity index (χ0) is 11.4. The molecule has 80 valence electrons. The number of aromatic nitrogens is 2. The van der Waals surface area contributed by atoms with Crippen LogP contribution in [0.15, 0.2) is 0 Å². The van der Waals surface area contributed by atoms with Gasteiger partial charge in [0.1, 0.15) is 17.9 Å². The van der Waals surface area contributed by atoms with E-state index in [0.29, 0.717) is 5.69 Å². The summed E-state index contributed by atoms with van der Waals surface area (Å²) in [6, 6.07) is 0. The largest absolute Gasteiger partial charge is 0.478 e. The Morgan fingerprint density at radius 3 is 2.87 bits per heavy atom. The van der Waals surface area contributed by atoms with E-state index in [2.05, 4.69) is 16.9 Å². The predicted octanol–water partition coefficient (Wildman–Crippen LogP) is 0.425. The summed E-state index contributed by atoms with van der Waals surface area (Å²) < 4.78 is 6.25. The number of carbonyl (C=O) groups is 1. The van der Waals surface area contributed by atoms with Crippen LogP contribution in [0.3, 0.4) is 0 Å². The Morgan fingerprint density at radius 1 is 1.67 bits per heavy atom. The van der Waals surface area contributed by atoms with Crippen molar-refractivity contribution >= 4 is 5.97 Å². The van der Waals surface area contributed by atoms with Gasteiger partial charge in [0.2, 0.25) is 0 Å². The number of rotatable bonds is 2. The van der Waals surface area contributed by atoms with Gasteiger partial charge in [-0.1, -0.05) is 5.92 Å². The van der Waals surface area contributed by atoms with Crippen LogP contribution in [0.25, 0.3) is 0 Å². The highest BCUT2D eigenvalue weighted by molar-refractivity contribution is 5.91. The van der Waals surface area contributed by atoms with E-state index in [0.717, 1.165) is 0 Å². The van der Waals surface area contributed by atoms with E-state index in [-0.39, 0.29) is 17.9 Å². The van der Waals surface area contributed by atoms with Crippen LogP contribution in [0.5, 0.6) is 0 Å². The molecular formula is C10H12N2O3. The highest BCUT2D eigenvalue weighted by atomic mass is 16.5. The van der Waals surface area contributed by atoms with Crippen molar-refractivity contribution in [3.63, 3.8) is 0 Å². The Balaban J connectivity index is 3.14. The molecule has 5 nitrogen and oxygen atoms in total.